The fourth-order valence-electron chi connectivity index (χ4n) is 3.04. The van der Waals surface area contributed by atoms with Crippen molar-refractivity contribution in [3.8, 4) is 28.9 Å². The summed E-state index contributed by atoms with van der Waals surface area (Å²) in [6, 6.07) is 10.7. The molecule has 0 unspecified atom stereocenters. The van der Waals surface area contributed by atoms with Gasteiger partial charge in [-0.1, -0.05) is 6.07 Å². The summed E-state index contributed by atoms with van der Waals surface area (Å²) in [5.41, 5.74) is 3.13. The third-order valence-corrected chi connectivity index (χ3v) is 5.03. The van der Waals surface area contributed by atoms with Gasteiger partial charge in [-0.2, -0.15) is 15.0 Å². The molecule has 7 heteroatoms. The molecular weight excluding hydrogens is 354 g/mol. The van der Waals surface area contributed by atoms with E-state index in [0.29, 0.717) is 22.5 Å². The summed E-state index contributed by atoms with van der Waals surface area (Å²) in [5.74, 6) is 0.199. The number of hydrogen-bond acceptors (Lipinski definition) is 5. The van der Waals surface area contributed by atoms with Crippen LogP contribution in [0.25, 0.3) is 16.9 Å². The Balaban J connectivity index is 1.61. The van der Waals surface area contributed by atoms with Crippen LogP contribution in [0.1, 0.15) is 41.3 Å². The Morgan fingerprint density at radius 3 is 2.64 bits per heavy atom. The van der Waals surface area contributed by atoms with E-state index in [9.17, 15) is 9.90 Å². The average molecular weight is 373 g/mol. The van der Waals surface area contributed by atoms with E-state index in [2.05, 4.69) is 21.5 Å². The molecule has 7 nitrogen and oxygen atoms in total. The number of carbonyl (C=O) groups excluding carboxylic acids is 1. The van der Waals surface area contributed by atoms with Crippen molar-refractivity contribution in [2.24, 2.45) is 0 Å². The molecule has 1 saturated carbocycles. The Labute approximate surface area is 162 Å². The van der Waals surface area contributed by atoms with Gasteiger partial charge in [0.25, 0.3) is 5.91 Å². The molecule has 0 atom stereocenters. The summed E-state index contributed by atoms with van der Waals surface area (Å²) < 4.78 is 1.32. The maximum Gasteiger partial charge on any atom is 0.253 e. The zero-order valence-corrected chi connectivity index (χ0v) is 15.6. The molecule has 28 heavy (non-hydrogen) atoms. The monoisotopic (exact) mass is 373 g/mol. The normalized spacial score (nSPS) is 14.3. The van der Waals surface area contributed by atoms with E-state index in [1.807, 2.05) is 13.8 Å². The number of nitriles is 1. The molecule has 1 amide bonds. The van der Waals surface area contributed by atoms with Gasteiger partial charge in [0.1, 0.15) is 0 Å². The minimum absolute atomic E-state index is 0.0528. The van der Waals surface area contributed by atoms with Crippen LogP contribution in [-0.4, -0.2) is 31.3 Å². The van der Waals surface area contributed by atoms with Crippen molar-refractivity contribution in [3.05, 3.63) is 59.4 Å². The summed E-state index contributed by atoms with van der Waals surface area (Å²) in [4.78, 5) is 16.5. The summed E-state index contributed by atoms with van der Waals surface area (Å²) in [7, 11) is 0. The molecule has 2 heterocycles. The predicted octanol–water partition coefficient (Wildman–Crippen LogP) is 3.10. The fourth-order valence-corrected chi connectivity index (χ4v) is 3.04. The van der Waals surface area contributed by atoms with Crippen LogP contribution in [0.2, 0.25) is 0 Å². The molecule has 1 aromatic carbocycles. The molecule has 1 aliphatic carbocycles. The van der Waals surface area contributed by atoms with Gasteiger partial charge >= 0.3 is 0 Å². The fraction of sp³-hybridized carbons (Fsp3) is 0.238. The Morgan fingerprint density at radius 2 is 2.04 bits per heavy atom. The van der Waals surface area contributed by atoms with Crippen LogP contribution in [0, 0.1) is 18.3 Å². The standard InChI is InChI=1S/C21H19N5O2/c1-13-9-14(10-22)3-5-16(13)17-12-24-26(20(17)28)18-6-4-15(11-23-18)19(27)25-21(2)7-8-21/h3-6,9,11-12,28H,7-8H2,1-2H3,(H,25,27). The smallest absolute Gasteiger partial charge is 0.253 e. The van der Waals surface area contributed by atoms with E-state index in [1.54, 1.807) is 36.5 Å². The van der Waals surface area contributed by atoms with Crippen LogP contribution in [0.5, 0.6) is 5.88 Å². The van der Waals surface area contributed by atoms with Crippen molar-refractivity contribution in [3.63, 3.8) is 0 Å². The maximum atomic E-state index is 12.2. The highest BCUT2D eigenvalue weighted by molar-refractivity contribution is 5.94. The van der Waals surface area contributed by atoms with E-state index in [0.717, 1.165) is 24.0 Å². The molecule has 0 saturated heterocycles. The Hall–Kier alpha value is -3.66. The number of nitrogens with zero attached hydrogens (tertiary/aromatic N) is 4. The number of pyridine rings is 1. The van der Waals surface area contributed by atoms with E-state index in [4.69, 9.17) is 5.26 Å². The van der Waals surface area contributed by atoms with Gasteiger partial charge in [0.15, 0.2) is 5.82 Å². The topological polar surface area (TPSA) is 104 Å². The Bertz CT molecular complexity index is 1100. The van der Waals surface area contributed by atoms with Gasteiger partial charge in [0, 0.05) is 11.7 Å². The van der Waals surface area contributed by atoms with Gasteiger partial charge in [0.05, 0.1) is 29.0 Å². The van der Waals surface area contributed by atoms with Crippen molar-refractivity contribution in [1.82, 2.24) is 20.1 Å². The second kappa shape index (κ2) is 6.50. The van der Waals surface area contributed by atoms with Gasteiger partial charge in [-0.15, -0.1) is 0 Å². The van der Waals surface area contributed by atoms with Crippen molar-refractivity contribution in [2.75, 3.05) is 0 Å². The minimum Gasteiger partial charge on any atom is -0.493 e. The van der Waals surface area contributed by atoms with Crippen molar-refractivity contribution in [2.45, 2.75) is 32.2 Å². The molecule has 2 aromatic heterocycles. The molecule has 1 aliphatic rings. The van der Waals surface area contributed by atoms with Gasteiger partial charge in [-0.05, 0) is 62.1 Å². The summed E-state index contributed by atoms with van der Waals surface area (Å²) in [5, 5.41) is 26.9. The molecule has 4 rings (SSSR count). The average Bonchev–Trinajstić information content (AvgIpc) is 3.29. The third-order valence-electron chi connectivity index (χ3n) is 5.03. The number of aromatic nitrogens is 3. The SMILES string of the molecule is Cc1cc(C#N)ccc1-c1cnn(-c2ccc(C(=O)NC3(C)CC3)cn2)c1O. The van der Waals surface area contributed by atoms with E-state index >= 15 is 0 Å². The van der Waals surface area contributed by atoms with Crippen LogP contribution in [0.4, 0.5) is 0 Å². The van der Waals surface area contributed by atoms with Crippen LogP contribution >= 0.6 is 0 Å². The van der Waals surface area contributed by atoms with Crippen molar-refractivity contribution in [1.29, 1.82) is 5.26 Å². The highest BCUT2D eigenvalue weighted by atomic mass is 16.3. The lowest BCUT2D eigenvalue weighted by molar-refractivity contribution is 0.0935. The van der Waals surface area contributed by atoms with Gasteiger partial charge < -0.3 is 10.4 Å². The van der Waals surface area contributed by atoms with Crippen LogP contribution in [-0.2, 0) is 0 Å². The van der Waals surface area contributed by atoms with Crippen molar-refractivity contribution >= 4 is 5.91 Å². The number of amides is 1. The van der Waals surface area contributed by atoms with Crippen LogP contribution in [0.15, 0.2) is 42.7 Å². The largest absolute Gasteiger partial charge is 0.493 e. The Kier molecular flexibility index (Phi) is 4.12. The van der Waals surface area contributed by atoms with Gasteiger partial charge in [-0.25, -0.2) is 4.98 Å². The first-order valence-corrected chi connectivity index (χ1v) is 8.97. The number of benzene rings is 1. The number of aryl methyl sites for hydroxylation is 1. The number of nitrogens with one attached hydrogen (secondary N) is 1. The quantitative estimate of drug-likeness (QED) is 0.731. The number of rotatable bonds is 4. The van der Waals surface area contributed by atoms with Crippen LogP contribution < -0.4 is 5.32 Å². The predicted molar refractivity (Wildman–Crippen MR) is 103 cm³/mol. The molecule has 140 valence electrons. The third kappa shape index (κ3) is 3.21. The molecule has 0 aliphatic heterocycles. The summed E-state index contributed by atoms with van der Waals surface area (Å²) in [6.07, 6.45) is 5.01. The molecule has 0 bridgehead atoms. The number of aromatic hydroxyl groups is 1. The Morgan fingerprint density at radius 1 is 1.25 bits per heavy atom. The molecule has 2 N–H and O–H groups in total. The lowest BCUT2D eigenvalue weighted by Crippen LogP contribution is -2.34. The first-order valence-electron chi connectivity index (χ1n) is 8.97. The van der Waals surface area contributed by atoms with E-state index in [-0.39, 0.29) is 17.3 Å². The lowest BCUT2D eigenvalue weighted by atomic mass is 10.0. The summed E-state index contributed by atoms with van der Waals surface area (Å²) in [6.45, 7) is 3.89. The molecule has 0 radical (unpaired) electrons. The molecule has 1 fully saturated rings. The maximum absolute atomic E-state index is 12.2. The minimum atomic E-state index is -0.155. The second-order valence-corrected chi connectivity index (χ2v) is 7.36. The lowest BCUT2D eigenvalue weighted by Gasteiger charge is -2.11. The molecule has 0 spiro atoms. The van der Waals surface area contributed by atoms with Crippen molar-refractivity contribution < 1.29 is 9.90 Å². The number of hydrogen-bond donors (Lipinski definition) is 2. The van der Waals surface area contributed by atoms with E-state index < -0.39 is 0 Å². The first kappa shape index (κ1) is 17.7. The molecular formula is C21H19N5O2. The summed E-state index contributed by atoms with van der Waals surface area (Å²) >= 11 is 0. The zero-order chi connectivity index (χ0) is 19.9. The van der Waals surface area contributed by atoms with Gasteiger partial charge in [0.2, 0.25) is 5.88 Å². The van der Waals surface area contributed by atoms with Crippen LogP contribution in [0.3, 0.4) is 0 Å². The zero-order valence-electron chi connectivity index (χ0n) is 15.6. The highest BCUT2D eigenvalue weighted by Crippen LogP contribution is 2.35. The number of carbonyl (C=O) groups is 1. The second-order valence-electron chi connectivity index (χ2n) is 7.36. The highest BCUT2D eigenvalue weighted by Gasteiger charge is 2.38. The van der Waals surface area contributed by atoms with E-state index in [1.165, 1.54) is 10.9 Å². The first-order chi connectivity index (χ1) is 13.4. The van der Waals surface area contributed by atoms with Gasteiger partial charge in [-0.3, -0.25) is 4.79 Å². The molecule has 3 aromatic rings.